The summed E-state index contributed by atoms with van der Waals surface area (Å²) in [5.74, 6) is 1.00. The monoisotopic (exact) mass is 265 g/mol. The molecule has 0 bridgehead atoms. The zero-order chi connectivity index (χ0) is 14.1. The lowest BCUT2D eigenvalue weighted by molar-refractivity contribution is 0.0845. The highest BCUT2D eigenvalue weighted by atomic mass is 16.5. The third-order valence-corrected chi connectivity index (χ3v) is 2.79. The van der Waals surface area contributed by atoms with E-state index in [-0.39, 0.29) is 6.10 Å². The highest BCUT2D eigenvalue weighted by Crippen LogP contribution is 2.09. The van der Waals surface area contributed by atoms with E-state index in [9.17, 15) is 0 Å². The Balaban J connectivity index is 2.45. The Kier molecular flexibility index (Phi) is 7.45. The van der Waals surface area contributed by atoms with Gasteiger partial charge in [0.05, 0.1) is 18.4 Å². The van der Waals surface area contributed by atoms with E-state index in [0.29, 0.717) is 0 Å². The van der Waals surface area contributed by atoms with E-state index in [1.54, 1.807) is 0 Å². The van der Waals surface area contributed by atoms with Crippen molar-refractivity contribution in [2.45, 2.75) is 39.8 Å². The Morgan fingerprint density at radius 1 is 1.37 bits per heavy atom. The molecule has 19 heavy (non-hydrogen) atoms. The maximum absolute atomic E-state index is 5.56. The van der Waals surface area contributed by atoms with E-state index in [4.69, 9.17) is 4.74 Å². The Labute approximate surface area is 117 Å². The number of likely N-dealkylation sites (N-methyl/N-ethyl adjacent to an activating group) is 1. The minimum Gasteiger partial charge on any atom is -0.377 e. The first-order valence-electron chi connectivity index (χ1n) is 7.13. The Hall–Kier alpha value is -1.13. The molecule has 0 saturated carbocycles. The minimum absolute atomic E-state index is 0.283. The van der Waals surface area contributed by atoms with Crippen molar-refractivity contribution in [3.8, 4) is 0 Å². The smallest absolute Gasteiger partial charge is 0.128 e. The van der Waals surface area contributed by atoms with Gasteiger partial charge in [0.15, 0.2) is 0 Å². The number of pyridine rings is 1. The number of anilines is 1. The average molecular weight is 265 g/mol. The van der Waals surface area contributed by atoms with Gasteiger partial charge in [0, 0.05) is 20.1 Å². The Morgan fingerprint density at radius 2 is 2.16 bits per heavy atom. The number of ether oxygens (including phenoxy) is 1. The van der Waals surface area contributed by atoms with Crippen LogP contribution in [0.1, 0.15) is 32.9 Å². The molecule has 0 aliphatic carbocycles. The second kappa shape index (κ2) is 8.88. The van der Waals surface area contributed by atoms with Crippen LogP contribution in [-0.2, 0) is 11.3 Å². The molecule has 1 aromatic heterocycles. The first-order chi connectivity index (χ1) is 9.13. The maximum atomic E-state index is 5.56. The largest absolute Gasteiger partial charge is 0.377 e. The number of hydrogen-bond donors (Lipinski definition) is 1. The lowest BCUT2D eigenvalue weighted by atomic mass is 10.3. The fourth-order valence-corrected chi connectivity index (χ4v) is 1.71. The van der Waals surface area contributed by atoms with Gasteiger partial charge in [-0.1, -0.05) is 13.0 Å². The molecule has 0 aliphatic rings. The van der Waals surface area contributed by atoms with Crippen molar-refractivity contribution in [1.29, 1.82) is 0 Å². The summed E-state index contributed by atoms with van der Waals surface area (Å²) in [6.07, 6.45) is 1.43. The minimum atomic E-state index is 0.283. The highest BCUT2D eigenvalue weighted by molar-refractivity contribution is 5.38. The van der Waals surface area contributed by atoms with E-state index in [1.807, 2.05) is 6.07 Å². The van der Waals surface area contributed by atoms with E-state index in [0.717, 1.165) is 44.2 Å². The number of nitrogens with one attached hydrogen (secondary N) is 1. The molecule has 0 aliphatic heterocycles. The average Bonchev–Trinajstić information content (AvgIpc) is 2.39. The number of rotatable bonds is 9. The summed E-state index contributed by atoms with van der Waals surface area (Å²) in [7, 11) is 2.05. The van der Waals surface area contributed by atoms with Gasteiger partial charge < -0.3 is 15.0 Å². The summed E-state index contributed by atoms with van der Waals surface area (Å²) in [6.45, 7) is 9.73. The molecule has 0 aromatic carbocycles. The summed E-state index contributed by atoms with van der Waals surface area (Å²) in [6, 6.07) is 6.16. The van der Waals surface area contributed by atoms with Gasteiger partial charge in [-0.3, -0.25) is 0 Å². The van der Waals surface area contributed by atoms with Gasteiger partial charge >= 0.3 is 0 Å². The standard InChI is InChI=1S/C15H27N3O/c1-5-9-16-12-14-7-6-8-15(17-14)18(4)10-11-19-13(2)3/h6-8,13,16H,5,9-12H2,1-4H3. The molecule has 1 N–H and O–H groups in total. The molecule has 0 radical (unpaired) electrons. The molecule has 4 heteroatoms. The van der Waals surface area contributed by atoms with Crippen LogP contribution < -0.4 is 10.2 Å². The van der Waals surface area contributed by atoms with Crippen LogP contribution in [0.15, 0.2) is 18.2 Å². The number of hydrogen-bond acceptors (Lipinski definition) is 4. The van der Waals surface area contributed by atoms with Crippen molar-refractivity contribution in [2.24, 2.45) is 0 Å². The van der Waals surface area contributed by atoms with Crippen molar-refractivity contribution >= 4 is 5.82 Å². The maximum Gasteiger partial charge on any atom is 0.128 e. The van der Waals surface area contributed by atoms with Gasteiger partial charge in [0.1, 0.15) is 5.82 Å². The predicted molar refractivity (Wildman–Crippen MR) is 80.6 cm³/mol. The normalized spacial score (nSPS) is 11.0. The van der Waals surface area contributed by atoms with Crippen molar-refractivity contribution in [3.05, 3.63) is 23.9 Å². The van der Waals surface area contributed by atoms with E-state index in [2.05, 4.69) is 55.2 Å². The fraction of sp³-hybridized carbons (Fsp3) is 0.667. The molecule has 108 valence electrons. The van der Waals surface area contributed by atoms with E-state index >= 15 is 0 Å². The summed E-state index contributed by atoms with van der Waals surface area (Å²) in [5, 5.41) is 3.37. The zero-order valence-electron chi connectivity index (χ0n) is 12.6. The fourth-order valence-electron chi connectivity index (χ4n) is 1.71. The molecular weight excluding hydrogens is 238 g/mol. The summed E-state index contributed by atoms with van der Waals surface area (Å²) < 4.78 is 5.56. The molecule has 0 amide bonds. The Morgan fingerprint density at radius 3 is 2.84 bits per heavy atom. The predicted octanol–water partition coefficient (Wildman–Crippen LogP) is 2.44. The van der Waals surface area contributed by atoms with Crippen LogP contribution >= 0.6 is 0 Å². The van der Waals surface area contributed by atoms with Crippen molar-refractivity contribution in [3.63, 3.8) is 0 Å². The second-order valence-corrected chi connectivity index (χ2v) is 5.01. The van der Waals surface area contributed by atoms with Crippen LogP contribution in [0.25, 0.3) is 0 Å². The van der Waals surface area contributed by atoms with Crippen LogP contribution in [0.4, 0.5) is 5.82 Å². The van der Waals surface area contributed by atoms with Crippen LogP contribution in [0.3, 0.4) is 0 Å². The van der Waals surface area contributed by atoms with Gasteiger partial charge in [-0.05, 0) is 38.9 Å². The number of aromatic nitrogens is 1. The molecule has 0 spiro atoms. The number of nitrogens with zero attached hydrogens (tertiary/aromatic N) is 2. The summed E-state index contributed by atoms with van der Waals surface area (Å²) in [5.41, 5.74) is 1.09. The highest BCUT2D eigenvalue weighted by Gasteiger charge is 2.04. The van der Waals surface area contributed by atoms with Crippen molar-refractivity contribution < 1.29 is 4.74 Å². The third kappa shape index (κ3) is 6.55. The zero-order valence-corrected chi connectivity index (χ0v) is 12.6. The van der Waals surface area contributed by atoms with Gasteiger partial charge in [-0.15, -0.1) is 0 Å². The van der Waals surface area contributed by atoms with Crippen LogP contribution in [0, 0.1) is 0 Å². The molecule has 1 heterocycles. The topological polar surface area (TPSA) is 37.4 Å². The van der Waals surface area contributed by atoms with Gasteiger partial charge in [-0.2, -0.15) is 0 Å². The van der Waals surface area contributed by atoms with Crippen LogP contribution in [-0.4, -0.2) is 37.8 Å². The quantitative estimate of drug-likeness (QED) is 0.696. The third-order valence-electron chi connectivity index (χ3n) is 2.79. The first kappa shape index (κ1) is 15.9. The molecule has 1 aromatic rings. The lowest BCUT2D eigenvalue weighted by Crippen LogP contribution is -2.25. The van der Waals surface area contributed by atoms with Crippen molar-refractivity contribution in [2.75, 3.05) is 31.6 Å². The molecule has 0 atom stereocenters. The Bertz CT molecular complexity index is 355. The van der Waals surface area contributed by atoms with Crippen LogP contribution in [0.2, 0.25) is 0 Å². The van der Waals surface area contributed by atoms with Gasteiger partial charge in [0.2, 0.25) is 0 Å². The molecule has 1 rings (SSSR count). The molecule has 0 saturated heterocycles. The van der Waals surface area contributed by atoms with Gasteiger partial charge in [-0.25, -0.2) is 4.98 Å². The second-order valence-electron chi connectivity index (χ2n) is 5.01. The molecule has 4 nitrogen and oxygen atoms in total. The lowest BCUT2D eigenvalue weighted by Gasteiger charge is -2.19. The van der Waals surface area contributed by atoms with E-state index < -0.39 is 0 Å². The van der Waals surface area contributed by atoms with Crippen molar-refractivity contribution in [1.82, 2.24) is 10.3 Å². The summed E-state index contributed by atoms with van der Waals surface area (Å²) >= 11 is 0. The summed E-state index contributed by atoms with van der Waals surface area (Å²) in [4.78, 5) is 6.78. The molecule has 0 fully saturated rings. The SMILES string of the molecule is CCCNCc1cccc(N(C)CCOC(C)C)n1. The molecule has 0 unspecified atom stereocenters. The molecular formula is C15H27N3O. The van der Waals surface area contributed by atoms with Crippen LogP contribution in [0.5, 0.6) is 0 Å². The first-order valence-corrected chi connectivity index (χ1v) is 7.13. The van der Waals surface area contributed by atoms with E-state index in [1.165, 1.54) is 0 Å². The van der Waals surface area contributed by atoms with Gasteiger partial charge in [0.25, 0.3) is 0 Å².